The second-order valence-electron chi connectivity index (χ2n) is 7.03. The van der Waals surface area contributed by atoms with Crippen LogP contribution in [0.5, 0.6) is 11.5 Å². The number of amides is 1. The number of methoxy groups -OCH3 is 1. The molecular weight excluding hydrogens is 422 g/mol. The normalized spacial score (nSPS) is 15.2. The maximum absolute atomic E-state index is 12.8. The Morgan fingerprint density at radius 1 is 1.23 bits per heavy atom. The summed E-state index contributed by atoms with van der Waals surface area (Å²) in [6.45, 7) is 6.66. The Bertz CT molecular complexity index is 807. The molecule has 1 heterocycles. The van der Waals surface area contributed by atoms with E-state index in [0.717, 1.165) is 24.8 Å². The van der Waals surface area contributed by atoms with Gasteiger partial charge in [0.15, 0.2) is 11.5 Å². The first-order valence-electron chi connectivity index (χ1n) is 10.1. The highest BCUT2D eigenvalue weighted by Gasteiger charge is 2.31. The fourth-order valence-corrected chi connectivity index (χ4v) is 4.23. The van der Waals surface area contributed by atoms with Gasteiger partial charge in [-0.15, -0.1) is 0 Å². The molecule has 0 aromatic heterocycles. The van der Waals surface area contributed by atoms with Crippen LogP contribution >= 0.6 is 24.0 Å². The molecular formula is C22H29NO5S2. The number of ether oxygens (including phenoxy) is 3. The summed E-state index contributed by atoms with van der Waals surface area (Å²) in [5.74, 6) is 1.03. The van der Waals surface area contributed by atoms with Gasteiger partial charge in [-0.2, -0.15) is 0 Å². The molecule has 1 aliphatic rings. The Morgan fingerprint density at radius 3 is 2.67 bits per heavy atom. The average Bonchev–Trinajstić information content (AvgIpc) is 2.95. The lowest BCUT2D eigenvalue weighted by atomic mass is 10.1. The van der Waals surface area contributed by atoms with Crippen LogP contribution in [0.15, 0.2) is 23.1 Å². The van der Waals surface area contributed by atoms with Crippen molar-refractivity contribution in [3.8, 4) is 11.5 Å². The van der Waals surface area contributed by atoms with E-state index in [2.05, 4.69) is 0 Å². The summed E-state index contributed by atoms with van der Waals surface area (Å²) in [6, 6.07) is 5.58. The summed E-state index contributed by atoms with van der Waals surface area (Å²) < 4.78 is 16.6. The number of carbonyl (C=O) groups is 2. The number of thioether (sulfide) groups is 1. The minimum Gasteiger partial charge on any atom is -0.493 e. The van der Waals surface area contributed by atoms with Gasteiger partial charge in [0.1, 0.15) is 4.32 Å². The highest BCUT2D eigenvalue weighted by molar-refractivity contribution is 8.26. The molecule has 6 nitrogen and oxygen atoms in total. The molecule has 164 valence electrons. The van der Waals surface area contributed by atoms with E-state index in [4.69, 9.17) is 26.4 Å². The minimum atomic E-state index is -0.175. The van der Waals surface area contributed by atoms with E-state index in [1.807, 2.05) is 38.1 Å². The van der Waals surface area contributed by atoms with E-state index in [0.29, 0.717) is 40.3 Å². The highest BCUT2D eigenvalue weighted by Crippen LogP contribution is 2.35. The molecule has 0 spiro atoms. The number of nitrogens with zero attached hydrogens (tertiary/aromatic N) is 1. The van der Waals surface area contributed by atoms with E-state index in [9.17, 15) is 9.59 Å². The zero-order chi connectivity index (χ0) is 22.1. The van der Waals surface area contributed by atoms with Crippen LogP contribution < -0.4 is 9.47 Å². The number of benzene rings is 1. The van der Waals surface area contributed by atoms with Crippen LogP contribution in [0.3, 0.4) is 0 Å². The third-order valence-electron chi connectivity index (χ3n) is 4.29. The lowest BCUT2D eigenvalue weighted by molar-refractivity contribution is -0.143. The molecule has 8 heteroatoms. The van der Waals surface area contributed by atoms with Gasteiger partial charge in [0, 0.05) is 13.0 Å². The molecule has 1 aliphatic heterocycles. The van der Waals surface area contributed by atoms with Crippen LogP contribution in [0.1, 0.15) is 52.0 Å². The van der Waals surface area contributed by atoms with Gasteiger partial charge in [-0.1, -0.05) is 36.5 Å². The first kappa shape index (κ1) is 24.2. The fourth-order valence-electron chi connectivity index (χ4n) is 2.92. The predicted octanol–water partition coefficient (Wildman–Crippen LogP) is 4.81. The van der Waals surface area contributed by atoms with E-state index < -0.39 is 0 Å². The molecule has 1 fully saturated rings. The van der Waals surface area contributed by atoms with Crippen LogP contribution in [-0.2, 0) is 14.3 Å². The Kier molecular flexibility index (Phi) is 9.65. The lowest BCUT2D eigenvalue weighted by Gasteiger charge is -2.14. The zero-order valence-corrected chi connectivity index (χ0v) is 19.6. The number of esters is 1. The van der Waals surface area contributed by atoms with Gasteiger partial charge in [-0.05, 0) is 57.4 Å². The summed E-state index contributed by atoms with van der Waals surface area (Å²) >= 11 is 6.69. The monoisotopic (exact) mass is 451 g/mol. The smallest absolute Gasteiger partial charge is 0.305 e. The van der Waals surface area contributed by atoms with Crippen molar-refractivity contribution in [1.29, 1.82) is 0 Å². The van der Waals surface area contributed by atoms with E-state index in [1.165, 1.54) is 11.8 Å². The molecule has 0 unspecified atom stereocenters. The Morgan fingerprint density at radius 2 is 2.00 bits per heavy atom. The molecule has 0 saturated carbocycles. The van der Waals surface area contributed by atoms with Crippen molar-refractivity contribution < 1.29 is 23.8 Å². The van der Waals surface area contributed by atoms with Crippen molar-refractivity contribution in [2.24, 2.45) is 0 Å². The molecule has 0 radical (unpaired) electrons. The van der Waals surface area contributed by atoms with Crippen LogP contribution in [0.2, 0.25) is 0 Å². The van der Waals surface area contributed by atoms with E-state index >= 15 is 0 Å². The van der Waals surface area contributed by atoms with Crippen molar-refractivity contribution in [3.63, 3.8) is 0 Å². The SMILES string of the molecule is CCOC(=O)CCCCCN1C(=O)/C(=C/c2ccc(OC(C)C)c(OC)c2)SC1=S. The standard InChI is InChI=1S/C22H29NO5S2/c1-5-27-20(24)9-7-6-8-12-23-21(25)19(30-22(23)29)14-16-10-11-17(28-15(2)3)18(13-16)26-4/h10-11,13-15H,5-9,12H2,1-4H3/b19-14-. The van der Waals surface area contributed by atoms with Gasteiger partial charge >= 0.3 is 5.97 Å². The maximum atomic E-state index is 12.8. The minimum absolute atomic E-state index is 0.0401. The summed E-state index contributed by atoms with van der Waals surface area (Å²) in [6.07, 6.45) is 4.64. The Hall–Kier alpha value is -2.06. The van der Waals surface area contributed by atoms with E-state index in [-0.39, 0.29) is 18.0 Å². The summed E-state index contributed by atoms with van der Waals surface area (Å²) in [7, 11) is 1.59. The summed E-state index contributed by atoms with van der Waals surface area (Å²) in [5, 5.41) is 0. The Balaban J connectivity index is 1.95. The average molecular weight is 452 g/mol. The number of rotatable bonds is 11. The van der Waals surface area contributed by atoms with Gasteiger partial charge in [0.05, 0.1) is 24.7 Å². The van der Waals surface area contributed by atoms with Gasteiger partial charge < -0.3 is 14.2 Å². The topological polar surface area (TPSA) is 65.1 Å². The predicted molar refractivity (Wildman–Crippen MR) is 124 cm³/mol. The molecule has 0 N–H and O–H groups in total. The highest BCUT2D eigenvalue weighted by atomic mass is 32.2. The first-order valence-corrected chi connectivity index (χ1v) is 11.3. The molecule has 0 atom stereocenters. The summed E-state index contributed by atoms with van der Waals surface area (Å²) in [4.78, 5) is 26.3. The van der Waals surface area contributed by atoms with Crippen molar-refractivity contribution >= 4 is 46.3 Å². The second kappa shape index (κ2) is 12.0. The van der Waals surface area contributed by atoms with Crippen LogP contribution in [0.4, 0.5) is 0 Å². The van der Waals surface area contributed by atoms with Crippen LogP contribution in [-0.4, -0.2) is 47.5 Å². The molecule has 1 aromatic rings. The Labute approximate surface area is 187 Å². The van der Waals surface area contributed by atoms with Gasteiger partial charge in [0.25, 0.3) is 5.91 Å². The van der Waals surface area contributed by atoms with Crippen molar-refractivity contribution in [1.82, 2.24) is 4.90 Å². The first-order chi connectivity index (χ1) is 14.3. The quantitative estimate of drug-likeness (QED) is 0.207. The molecule has 0 bridgehead atoms. The van der Waals surface area contributed by atoms with Crippen molar-refractivity contribution in [2.75, 3.05) is 20.3 Å². The number of unbranched alkanes of at least 4 members (excludes halogenated alkanes) is 2. The fraction of sp³-hybridized carbons (Fsp3) is 0.500. The molecule has 1 amide bonds. The van der Waals surface area contributed by atoms with Crippen LogP contribution in [0.25, 0.3) is 6.08 Å². The third-order valence-corrected chi connectivity index (χ3v) is 5.67. The lowest BCUT2D eigenvalue weighted by Crippen LogP contribution is -2.29. The van der Waals surface area contributed by atoms with Crippen molar-refractivity contribution in [2.45, 2.75) is 52.6 Å². The van der Waals surface area contributed by atoms with Gasteiger partial charge in [-0.3, -0.25) is 14.5 Å². The number of hydrogen-bond acceptors (Lipinski definition) is 7. The number of thiocarbonyl (C=S) groups is 1. The molecule has 30 heavy (non-hydrogen) atoms. The van der Waals surface area contributed by atoms with Crippen molar-refractivity contribution in [3.05, 3.63) is 28.7 Å². The maximum Gasteiger partial charge on any atom is 0.305 e. The molecule has 0 aliphatic carbocycles. The van der Waals surface area contributed by atoms with E-state index in [1.54, 1.807) is 18.9 Å². The van der Waals surface area contributed by atoms with Gasteiger partial charge in [0.2, 0.25) is 0 Å². The molecule has 2 rings (SSSR count). The van der Waals surface area contributed by atoms with Gasteiger partial charge in [-0.25, -0.2) is 0 Å². The zero-order valence-electron chi connectivity index (χ0n) is 17.9. The molecule has 1 aromatic carbocycles. The number of carbonyl (C=O) groups excluding carboxylic acids is 2. The largest absolute Gasteiger partial charge is 0.493 e. The summed E-state index contributed by atoms with van der Waals surface area (Å²) in [5.41, 5.74) is 0.845. The third kappa shape index (κ3) is 7.02. The molecule has 1 saturated heterocycles. The number of hydrogen-bond donors (Lipinski definition) is 0. The second-order valence-corrected chi connectivity index (χ2v) is 8.70. The van der Waals surface area contributed by atoms with Crippen LogP contribution in [0, 0.1) is 0 Å².